The third kappa shape index (κ3) is 4.97. The van der Waals surface area contributed by atoms with Crippen molar-refractivity contribution in [3.05, 3.63) is 0 Å². The highest BCUT2D eigenvalue weighted by molar-refractivity contribution is 6.00. The molecule has 0 aliphatic carbocycles. The van der Waals surface area contributed by atoms with Crippen LogP contribution >= 0.6 is 0 Å². The lowest BCUT2D eigenvalue weighted by atomic mass is 9.98. The van der Waals surface area contributed by atoms with Gasteiger partial charge in [-0.1, -0.05) is 0 Å². The molecule has 0 spiro atoms. The summed E-state index contributed by atoms with van der Waals surface area (Å²) >= 11 is 0. The monoisotopic (exact) mass is 200 g/mol. The van der Waals surface area contributed by atoms with E-state index in [4.69, 9.17) is 0 Å². The minimum absolute atomic E-state index is 0.0527. The van der Waals surface area contributed by atoms with Gasteiger partial charge in [0.15, 0.2) is 0 Å². The highest BCUT2D eigenvalue weighted by Gasteiger charge is 2.21. The summed E-state index contributed by atoms with van der Waals surface area (Å²) in [7, 11) is 5.51. The predicted molar refractivity (Wildman–Crippen MR) is 56.0 cm³/mol. The van der Waals surface area contributed by atoms with Crippen LogP contribution in [0.4, 0.5) is 0 Å². The number of carbonyl (C=O) groups excluding carboxylic acids is 2. The molecule has 0 bridgehead atoms. The average molecular weight is 200 g/mol. The molecule has 1 atom stereocenters. The molecule has 1 N–H and O–H groups in total. The SMILES string of the molecule is CNC(=O)C(CCCN(C)C)C(C)=O. The first kappa shape index (κ1) is 13.1. The van der Waals surface area contributed by atoms with Crippen molar-refractivity contribution in [3.8, 4) is 0 Å². The molecule has 0 saturated carbocycles. The van der Waals surface area contributed by atoms with Crippen LogP contribution in [0.2, 0.25) is 0 Å². The number of ketones is 1. The van der Waals surface area contributed by atoms with Crippen molar-refractivity contribution in [1.29, 1.82) is 0 Å². The molecule has 0 aromatic carbocycles. The number of rotatable bonds is 6. The summed E-state index contributed by atoms with van der Waals surface area (Å²) in [5, 5.41) is 2.51. The summed E-state index contributed by atoms with van der Waals surface area (Å²) in [6, 6.07) is 0. The van der Waals surface area contributed by atoms with Gasteiger partial charge in [0.05, 0.1) is 5.92 Å². The lowest BCUT2D eigenvalue weighted by molar-refractivity contribution is -0.133. The predicted octanol–water partition coefficient (Wildman–Crippen LogP) is 0.279. The van der Waals surface area contributed by atoms with Gasteiger partial charge >= 0.3 is 0 Å². The minimum Gasteiger partial charge on any atom is -0.359 e. The molecule has 4 heteroatoms. The Morgan fingerprint density at radius 3 is 2.29 bits per heavy atom. The smallest absolute Gasteiger partial charge is 0.230 e. The van der Waals surface area contributed by atoms with E-state index in [1.165, 1.54) is 6.92 Å². The van der Waals surface area contributed by atoms with E-state index in [1.807, 2.05) is 19.0 Å². The van der Waals surface area contributed by atoms with Gasteiger partial charge in [-0.05, 0) is 40.4 Å². The van der Waals surface area contributed by atoms with E-state index in [-0.39, 0.29) is 11.7 Å². The molecule has 0 aliphatic heterocycles. The van der Waals surface area contributed by atoms with Gasteiger partial charge in [-0.15, -0.1) is 0 Å². The van der Waals surface area contributed by atoms with Gasteiger partial charge in [-0.2, -0.15) is 0 Å². The molecule has 14 heavy (non-hydrogen) atoms. The van der Waals surface area contributed by atoms with Crippen LogP contribution in [-0.4, -0.2) is 44.3 Å². The van der Waals surface area contributed by atoms with Crippen molar-refractivity contribution in [2.24, 2.45) is 5.92 Å². The summed E-state index contributed by atoms with van der Waals surface area (Å²) in [5.74, 6) is -0.695. The molecular formula is C10H20N2O2. The van der Waals surface area contributed by atoms with Crippen LogP contribution in [0.1, 0.15) is 19.8 Å². The molecule has 1 unspecified atom stereocenters. The Hall–Kier alpha value is -0.900. The van der Waals surface area contributed by atoms with Gasteiger partial charge in [-0.3, -0.25) is 9.59 Å². The molecule has 1 amide bonds. The summed E-state index contributed by atoms with van der Waals surface area (Å²) in [6.07, 6.45) is 1.50. The van der Waals surface area contributed by atoms with Crippen LogP contribution < -0.4 is 5.32 Å². The summed E-state index contributed by atoms with van der Waals surface area (Å²) < 4.78 is 0. The number of amides is 1. The van der Waals surface area contributed by atoms with Crippen LogP contribution in [0.5, 0.6) is 0 Å². The molecule has 4 nitrogen and oxygen atoms in total. The van der Waals surface area contributed by atoms with Crippen LogP contribution in [0, 0.1) is 5.92 Å². The number of nitrogens with one attached hydrogen (secondary N) is 1. The second kappa shape index (κ2) is 6.54. The lowest BCUT2D eigenvalue weighted by Gasteiger charge is -2.14. The zero-order valence-corrected chi connectivity index (χ0v) is 9.46. The van der Waals surface area contributed by atoms with E-state index in [0.29, 0.717) is 6.42 Å². The van der Waals surface area contributed by atoms with Gasteiger partial charge in [0.2, 0.25) is 5.91 Å². The fourth-order valence-corrected chi connectivity index (χ4v) is 1.30. The Kier molecular flexibility index (Phi) is 6.12. The lowest BCUT2D eigenvalue weighted by Crippen LogP contribution is -2.32. The maximum atomic E-state index is 11.3. The maximum Gasteiger partial charge on any atom is 0.230 e. The maximum absolute atomic E-state index is 11.3. The van der Waals surface area contributed by atoms with Gasteiger partial charge in [0.25, 0.3) is 0 Å². The molecule has 0 aliphatic rings. The summed E-state index contributed by atoms with van der Waals surface area (Å²) in [6.45, 7) is 2.37. The van der Waals surface area contributed by atoms with E-state index >= 15 is 0 Å². The van der Waals surface area contributed by atoms with Gasteiger partial charge in [-0.25, -0.2) is 0 Å². The van der Waals surface area contributed by atoms with Crippen LogP contribution in [0.25, 0.3) is 0 Å². The van der Waals surface area contributed by atoms with E-state index in [9.17, 15) is 9.59 Å². The normalized spacial score (nSPS) is 12.6. The summed E-state index contributed by atoms with van der Waals surface area (Å²) in [5.41, 5.74) is 0. The van der Waals surface area contributed by atoms with Crippen molar-refractivity contribution in [1.82, 2.24) is 10.2 Å². The van der Waals surface area contributed by atoms with E-state index < -0.39 is 5.92 Å². The van der Waals surface area contributed by atoms with Crippen molar-refractivity contribution >= 4 is 11.7 Å². The third-order valence-corrected chi connectivity index (χ3v) is 2.15. The topological polar surface area (TPSA) is 49.4 Å². The molecular weight excluding hydrogens is 180 g/mol. The highest BCUT2D eigenvalue weighted by Crippen LogP contribution is 2.08. The molecule has 0 radical (unpaired) electrons. The second-order valence-corrected chi connectivity index (χ2v) is 3.72. The number of hydrogen-bond donors (Lipinski definition) is 1. The molecule has 0 fully saturated rings. The first-order chi connectivity index (χ1) is 6.49. The standard InChI is InChI=1S/C10H20N2O2/c1-8(13)9(10(14)11-2)6-5-7-12(3)4/h9H,5-7H2,1-4H3,(H,11,14). The Labute approximate surface area is 85.7 Å². The number of nitrogens with zero attached hydrogens (tertiary/aromatic N) is 1. The zero-order valence-electron chi connectivity index (χ0n) is 9.46. The fourth-order valence-electron chi connectivity index (χ4n) is 1.30. The van der Waals surface area contributed by atoms with Gasteiger partial charge in [0, 0.05) is 7.05 Å². The number of carbonyl (C=O) groups is 2. The Morgan fingerprint density at radius 1 is 1.36 bits per heavy atom. The largest absolute Gasteiger partial charge is 0.359 e. The Bertz CT molecular complexity index is 202. The third-order valence-electron chi connectivity index (χ3n) is 2.15. The molecule has 0 aromatic rings. The first-order valence-corrected chi connectivity index (χ1v) is 4.85. The van der Waals surface area contributed by atoms with Crippen LogP contribution in [0.3, 0.4) is 0 Å². The van der Waals surface area contributed by atoms with E-state index in [2.05, 4.69) is 5.32 Å². The van der Waals surface area contributed by atoms with Crippen molar-refractivity contribution < 1.29 is 9.59 Å². The number of Topliss-reactive ketones (excluding diaryl/α,β-unsaturated/α-hetero) is 1. The van der Waals surface area contributed by atoms with Gasteiger partial charge < -0.3 is 10.2 Å². The minimum atomic E-state index is -0.472. The fraction of sp³-hybridized carbons (Fsp3) is 0.800. The number of hydrogen-bond acceptors (Lipinski definition) is 3. The molecule has 82 valence electrons. The van der Waals surface area contributed by atoms with Crippen molar-refractivity contribution in [2.75, 3.05) is 27.7 Å². The zero-order chi connectivity index (χ0) is 11.1. The van der Waals surface area contributed by atoms with Crippen LogP contribution in [0.15, 0.2) is 0 Å². The Morgan fingerprint density at radius 2 is 1.93 bits per heavy atom. The Balaban J connectivity index is 3.99. The summed E-state index contributed by atoms with van der Waals surface area (Å²) in [4.78, 5) is 24.5. The second-order valence-electron chi connectivity index (χ2n) is 3.72. The van der Waals surface area contributed by atoms with E-state index in [0.717, 1.165) is 13.0 Å². The van der Waals surface area contributed by atoms with Crippen molar-refractivity contribution in [2.45, 2.75) is 19.8 Å². The van der Waals surface area contributed by atoms with Crippen molar-refractivity contribution in [3.63, 3.8) is 0 Å². The van der Waals surface area contributed by atoms with Gasteiger partial charge in [0.1, 0.15) is 5.78 Å². The molecule has 0 saturated heterocycles. The average Bonchev–Trinajstić information content (AvgIpc) is 2.10. The van der Waals surface area contributed by atoms with Crippen LogP contribution in [-0.2, 0) is 9.59 Å². The van der Waals surface area contributed by atoms with E-state index in [1.54, 1.807) is 7.05 Å². The molecule has 0 aromatic heterocycles. The quantitative estimate of drug-likeness (QED) is 0.626. The highest BCUT2D eigenvalue weighted by atomic mass is 16.2. The molecule has 0 heterocycles. The molecule has 0 rings (SSSR count). The first-order valence-electron chi connectivity index (χ1n) is 4.85.